The fraction of sp³-hybridized carbons (Fsp3) is 0.333. The van der Waals surface area contributed by atoms with E-state index in [9.17, 15) is 30.0 Å². The number of alkyl halides is 3. The molecule has 0 aliphatic rings. The molecule has 0 saturated carbocycles. The van der Waals surface area contributed by atoms with Gasteiger partial charge < -0.3 is 0 Å². The zero-order valence-corrected chi connectivity index (χ0v) is 17.8. The summed E-state index contributed by atoms with van der Waals surface area (Å²) in [4.78, 5) is 0.362. The third kappa shape index (κ3) is 4.79. The van der Waals surface area contributed by atoms with Gasteiger partial charge in [0.2, 0.25) is 0 Å². The van der Waals surface area contributed by atoms with Crippen molar-refractivity contribution in [3.8, 4) is 0 Å². The lowest BCUT2D eigenvalue weighted by atomic mass is 10.2. The first kappa shape index (κ1) is 22.9. The Kier molecular flexibility index (Phi) is 6.71. The molecule has 0 aliphatic carbocycles. The average Bonchev–Trinajstić information content (AvgIpc) is 3.00. The number of rotatable bonds is 7. The van der Waals surface area contributed by atoms with Crippen molar-refractivity contribution < 1.29 is 30.0 Å². The number of hydrogen-bond donors (Lipinski definition) is 1. The number of halogens is 4. The van der Waals surface area contributed by atoms with Crippen molar-refractivity contribution in [2.45, 2.75) is 23.7 Å². The molecule has 0 radical (unpaired) electrons. The first-order chi connectivity index (χ1) is 12.8. The van der Waals surface area contributed by atoms with Gasteiger partial charge in [0.05, 0.1) is 10.6 Å². The second-order valence-electron chi connectivity index (χ2n) is 5.75. The summed E-state index contributed by atoms with van der Waals surface area (Å²) in [5.74, 6) is 0. The fourth-order valence-electron chi connectivity index (χ4n) is 2.26. The van der Waals surface area contributed by atoms with Gasteiger partial charge in [-0.1, -0.05) is 17.7 Å². The standard InChI is InChI=1S/C15H16ClF3N2O4S3/c1-10-11(16)4-3-5-14(10)27(22,23)20-12-7-9-26-13(12)6-8-21(2)28(24,25)15(17,18)19/h3-5,7,9,20H,6,8H2,1-2H3. The van der Waals surface area contributed by atoms with Gasteiger partial charge in [-0.2, -0.15) is 17.5 Å². The van der Waals surface area contributed by atoms with Crippen LogP contribution in [0.3, 0.4) is 0 Å². The zero-order valence-electron chi connectivity index (χ0n) is 14.6. The van der Waals surface area contributed by atoms with Crippen molar-refractivity contribution in [3.63, 3.8) is 0 Å². The van der Waals surface area contributed by atoms with Gasteiger partial charge in [-0.15, -0.1) is 11.3 Å². The summed E-state index contributed by atoms with van der Waals surface area (Å²) in [7, 11) is -8.62. The van der Waals surface area contributed by atoms with Gasteiger partial charge in [0.1, 0.15) is 0 Å². The van der Waals surface area contributed by atoms with Gasteiger partial charge >= 0.3 is 15.5 Å². The first-order valence-corrected chi connectivity index (χ1v) is 11.8. The quantitative estimate of drug-likeness (QED) is 0.658. The highest BCUT2D eigenvalue weighted by atomic mass is 35.5. The maximum absolute atomic E-state index is 12.6. The zero-order chi connectivity index (χ0) is 21.3. The van der Waals surface area contributed by atoms with Crippen molar-refractivity contribution in [2.24, 2.45) is 0 Å². The van der Waals surface area contributed by atoms with Gasteiger partial charge in [-0.3, -0.25) is 4.72 Å². The van der Waals surface area contributed by atoms with Crippen LogP contribution in [0.15, 0.2) is 34.5 Å². The van der Waals surface area contributed by atoms with Crippen LogP contribution in [0.25, 0.3) is 0 Å². The largest absolute Gasteiger partial charge is 0.511 e. The predicted molar refractivity (Wildman–Crippen MR) is 103 cm³/mol. The van der Waals surface area contributed by atoms with E-state index >= 15 is 0 Å². The summed E-state index contributed by atoms with van der Waals surface area (Å²) in [5.41, 5.74) is -4.88. The molecule has 156 valence electrons. The van der Waals surface area contributed by atoms with Gasteiger partial charge in [0.15, 0.2) is 0 Å². The normalized spacial score (nSPS) is 13.1. The van der Waals surface area contributed by atoms with Crippen LogP contribution in [0.4, 0.5) is 18.9 Å². The average molecular weight is 477 g/mol. The Morgan fingerprint density at radius 1 is 1.18 bits per heavy atom. The number of anilines is 1. The van der Waals surface area contributed by atoms with Crippen LogP contribution >= 0.6 is 22.9 Å². The molecular weight excluding hydrogens is 461 g/mol. The van der Waals surface area contributed by atoms with Crippen LogP contribution < -0.4 is 4.72 Å². The number of hydrogen-bond acceptors (Lipinski definition) is 5. The maximum atomic E-state index is 12.6. The van der Waals surface area contributed by atoms with Crippen LogP contribution in [-0.2, 0) is 26.5 Å². The number of thiophene rings is 1. The van der Waals surface area contributed by atoms with Gasteiger partial charge in [-0.05, 0) is 42.5 Å². The lowest BCUT2D eigenvalue weighted by Gasteiger charge is -2.18. The molecule has 0 spiro atoms. The molecule has 2 aromatic rings. The van der Waals surface area contributed by atoms with Crippen molar-refractivity contribution in [3.05, 3.63) is 45.1 Å². The highest BCUT2D eigenvalue weighted by Gasteiger charge is 2.48. The Morgan fingerprint density at radius 2 is 1.82 bits per heavy atom. The predicted octanol–water partition coefficient (Wildman–Crippen LogP) is 3.83. The molecule has 0 atom stereocenters. The monoisotopic (exact) mass is 476 g/mol. The molecule has 1 heterocycles. The first-order valence-electron chi connectivity index (χ1n) is 7.64. The van der Waals surface area contributed by atoms with E-state index < -0.39 is 32.1 Å². The minimum atomic E-state index is -5.45. The summed E-state index contributed by atoms with van der Waals surface area (Å²) in [5, 5.41) is 1.82. The summed E-state index contributed by atoms with van der Waals surface area (Å²) in [6.07, 6.45) is -0.101. The van der Waals surface area contributed by atoms with Crippen LogP contribution in [0.2, 0.25) is 5.02 Å². The Labute approximate surface area is 170 Å². The van der Waals surface area contributed by atoms with Crippen molar-refractivity contribution in [1.29, 1.82) is 0 Å². The third-order valence-electron chi connectivity index (χ3n) is 3.85. The number of benzene rings is 1. The van der Waals surface area contributed by atoms with Crippen LogP contribution in [0, 0.1) is 6.92 Å². The van der Waals surface area contributed by atoms with Crippen molar-refractivity contribution >= 4 is 48.7 Å². The summed E-state index contributed by atoms with van der Waals surface area (Å²) >= 11 is 7.05. The number of nitrogens with one attached hydrogen (secondary N) is 1. The van der Waals surface area contributed by atoms with E-state index in [1.54, 1.807) is 18.4 Å². The summed E-state index contributed by atoms with van der Waals surface area (Å²) in [6.45, 7) is 1.08. The lowest BCUT2D eigenvalue weighted by molar-refractivity contribution is -0.0482. The third-order valence-corrected chi connectivity index (χ3v) is 8.34. The van der Waals surface area contributed by atoms with Crippen LogP contribution in [0.1, 0.15) is 10.4 Å². The van der Waals surface area contributed by atoms with E-state index in [1.165, 1.54) is 18.2 Å². The second-order valence-corrected chi connectivity index (χ2v) is 10.8. The molecular formula is C15H16ClF3N2O4S3. The van der Waals surface area contributed by atoms with E-state index in [2.05, 4.69) is 4.72 Å². The minimum Gasteiger partial charge on any atom is -0.278 e. The molecule has 28 heavy (non-hydrogen) atoms. The van der Waals surface area contributed by atoms with E-state index in [0.717, 1.165) is 18.4 Å². The number of likely N-dealkylation sites (N-methyl/N-ethyl adjacent to an activating group) is 1. The second kappa shape index (κ2) is 8.19. The topological polar surface area (TPSA) is 83.6 Å². The van der Waals surface area contributed by atoms with Gasteiger partial charge in [0, 0.05) is 23.5 Å². The molecule has 13 heteroatoms. The minimum absolute atomic E-state index is 0.0334. The van der Waals surface area contributed by atoms with Crippen molar-refractivity contribution in [1.82, 2.24) is 4.31 Å². The Morgan fingerprint density at radius 3 is 2.43 bits per heavy atom. The highest BCUT2D eigenvalue weighted by molar-refractivity contribution is 7.92. The van der Waals surface area contributed by atoms with E-state index in [-0.39, 0.29) is 26.3 Å². The van der Waals surface area contributed by atoms with Crippen molar-refractivity contribution in [2.75, 3.05) is 18.3 Å². The number of nitrogens with zero attached hydrogens (tertiary/aromatic N) is 1. The molecule has 1 N–H and O–H groups in total. The molecule has 0 amide bonds. The summed E-state index contributed by atoms with van der Waals surface area (Å²) < 4.78 is 88.3. The molecule has 2 rings (SSSR count). The van der Waals surface area contributed by atoms with Gasteiger partial charge in [0.25, 0.3) is 10.0 Å². The Bertz CT molecular complexity index is 1070. The van der Waals surface area contributed by atoms with E-state index in [0.29, 0.717) is 10.4 Å². The molecule has 0 saturated heterocycles. The molecule has 1 aromatic carbocycles. The van der Waals surface area contributed by atoms with E-state index in [4.69, 9.17) is 11.6 Å². The number of sulfonamides is 2. The lowest BCUT2D eigenvalue weighted by Crippen LogP contribution is -2.39. The molecule has 0 aliphatic heterocycles. The Hall–Kier alpha value is -1.34. The SMILES string of the molecule is Cc1c(Cl)cccc1S(=O)(=O)Nc1ccsc1CCN(C)S(=O)(=O)C(F)(F)F. The Balaban J connectivity index is 2.20. The smallest absolute Gasteiger partial charge is 0.278 e. The maximum Gasteiger partial charge on any atom is 0.511 e. The van der Waals surface area contributed by atoms with Gasteiger partial charge in [-0.25, -0.2) is 16.8 Å². The molecule has 0 bridgehead atoms. The fourth-order valence-corrected chi connectivity index (χ4v) is 5.42. The highest BCUT2D eigenvalue weighted by Crippen LogP contribution is 2.30. The molecule has 0 fully saturated rings. The summed E-state index contributed by atoms with van der Waals surface area (Å²) in [6, 6.07) is 5.85. The van der Waals surface area contributed by atoms with Crippen LogP contribution in [-0.4, -0.2) is 40.2 Å². The molecule has 6 nitrogen and oxygen atoms in total. The molecule has 1 aromatic heterocycles. The molecule has 0 unspecified atom stereocenters. The van der Waals surface area contributed by atoms with Crippen LogP contribution in [0.5, 0.6) is 0 Å². The van der Waals surface area contributed by atoms with E-state index in [1.807, 2.05) is 0 Å².